The molecule has 0 aromatic heterocycles. The summed E-state index contributed by atoms with van der Waals surface area (Å²) >= 11 is 0. The molecule has 15 aliphatic rings. The molecule has 4 heteroatoms. The zero-order valence-corrected chi connectivity index (χ0v) is 79.9. The average Bonchev–Trinajstić information content (AvgIpc) is 0.837. The van der Waals surface area contributed by atoms with Gasteiger partial charge in [-0.05, 0) is 306 Å². The third-order valence-corrected chi connectivity index (χ3v) is 35.6. The largest absolute Gasteiger partial charge is 0.365 e. The van der Waals surface area contributed by atoms with E-state index in [4.69, 9.17) is 0 Å². The third-order valence-electron chi connectivity index (χ3n) is 35.6. The molecule has 9 aromatic carbocycles. The highest BCUT2D eigenvalue weighted by atomic mass is 15.3. The van der Waals surface area contributed by atoms with Crippen LogP contribution in [0.2, 0.25) is 0 Å². The molecular weight excluding hydrogens is 1570 g/mol. The molecule has 0 amide bonds. The number of hydrogen-bond donors (Lipinski definition) is 0. The molecule has 3 nitrogen and oxygen atoms in total. The minimum atomic E-state index is -0.221. The first-order chi connectivity index (χ1) is 63.0. The summed E-state index contributed by atoms with van der Waals surface area (Å²) < 4.78 is 0. The molecule has 1 saturated heterocycles. The Balaban J connectivity index is 0.870. The molecule has 3 heterocycles. The van der Waals surface area contributed by atoms with Crippen molar-refractivity contribution < 1.29 is 0 Å². The van der Waals surface area contributed by atoms with Crippen molar-refractivity contribution in [2.24, 2.45) is 74.9 Å². The summed E-state index contributed by atoms with van der Waals surface area (Å²) in [7, 11) is 0. The predicted octanol–water partition coefficient (Wildman–Crippen LogP) is 32.6. The fourth-order valence-electron chi connectivity index (χ4n) is 28.9. The predicted molar refractivity (Wildman–Crippen MR) is 553 cm³/mol. The first-order valence-electron chi connectivity index (χ1n) is 51.6. The van der Waals surface area contributed by atoms with Crippen molar-refractivity contribution >= 4 is 74.1 Å². The fraction of sp³-hybridized carbons (Fsp3) is 0.413. The quantitative estimate of drug-likeness (QED) is 0.120. The Morgan fingerprint density at radius 2 is 0.823 bits per heavy atom. The zero-order chi connectivity index (χ0) is 88.1. The molecule has 6 saturated carbocycles. The lowest BCUT2D eigenvalue weighted by Crippen LogP contribution is -2.61. The van der Waals surface area contributed by atoms with Crippen LogP contribution in [-0.4, -0.2) is 18.8 Å². The van der Waals surface area contributed by atoms with Crippen LogP contribution in [0.1, 0.15) is 265 Å². The van der Waals surface area contributed by atoms with Gasteiger partial charge in [0.05, 0.1) is 11.4 Å². The van der Waals surface area contributed by atoms with Gasteiger partial charge < -0.3 is 14.7 Å². The Kier molecular flexibility index (Phi) is 20.3. The van der Waals surface area contributed by atoms with Gasteiger partial charge in [-0.3, -0.25) is 0 Å². The summed E-state index contributed by atoms with van der Waals surface area (Å²) in [6.45, 7) is 29.6. The standard InChI is InChI=1S/C126H136BN3/c1-123(2,3)93-59-85-51-53-87-61-95(125(7,8)9)73-106-100(69-91(63-93)116(85)118(87)106)83-55-57-112-108(71-83)127-109-72-84(101-70-92-64-94(124(4,5)6)60-86-52-54-88-62-96(126(10,11)12)74-107(101)119(88)117(86)92)56-58-113(109)130(122-104(81-43-27-17-28-44-81)67-90(78-37-21-14-22-38-78)68-105(122)82-45-29-18-30-46-82)115-76-97(128-110-49-33-31-47-98(110)99-48-32-34-50-111(99)128)75-114(120(115)127)129(112)121-102(79-39-23-15-24-40-79)65-89(77-35-19-13-20-36-77)66-103(121)80-41-25-16-26-42-80/h15-18,23-30,39-46,51,53,55-58,61-63,65-78,85-86,94,98-99,110-111,116-119H,13-14,19-22,31-38,47-50,52,54,59-60,64H2,1-12H3. The Labute approximate surface area is 778 Å². The Hall–Kier alpha value is -10.2. The molecule has 9 aromatic rings. The minimum Gasteiger partial charge on any atom is -0.365 e. The molecular formula is C126H136BN3. The van der Waals surface area contributed by atoms with E-state index in [1.165, 1.54) is 297 Å². The summed E-state index contributed by atoms with van der Waals surface area (Å²) in [6, 6.07) is 81.3. The van der Waals surface area contributed by atoms with Crippen molar-refractivity contribution in [2.75, 3.05) is 14.7 Å². The maximum absolute atomic E-state index is 3.16. The van der Waals surface area contributed by atoms with Crippen molar-refractivity contribution in [3.63, 3.8) is 0 Å². The first kappa shape index (κ1) is 83.0. The first-order valence-corrected chi connectivity index (χ1v) is 51.6. The molecule has 0 spiro atoms. The molecule has 0 bridgehead atoms. The van der Waals surface area contributed by atoms with E-state index < -0.39 is 0 Å². The van der Waals surface area contributed by atoms with Gasteiger partial charge in [0.2, 0.25) is 0 Å². The smallest absolute Gasteiger partial charge is 0.252 e. The monoisotopic (exact) mass is 1700 g/mol. The SMILES string of the molecule is CC(C)(C)C1=CC2=C(c3ccc4c(c3)B3c5cc(C6=C7C=C(C(C)(C)C)C=C8CCC9CC(C(C)(C)C)CC(=C6)C9C87)ccc5N(c5c(-c6ccccc6)cc(C6CCCCC6)cc5-c5ccccc5)c5cc(N6C7CCCCC7C7CCCCC76)cc(c53)N4c3c(-c4ccccc4)cc(C4CCCCC4)cc3-c3ccccc3)C=C3C=C(C(C)(C)C)CC4C=CC(=C1)C2C34. The van der Waals surface area contributed by atoms with Gasteiger partial charge in [0.15, 0.2) is 0 Å². The van der Waals surface area contributed by atoms with Crippen LogP contribution in [0.4, 0.5) is 39.8 Å². The molecule has 7 fully saturated rings. The number of allylic oxidation sites excluding steroid dienone is 20. The van der Waals surface area contributed by atoms with E-state index in [9.17, 15) is 0 Å². The second kappa shape index (κ2) is 31.8. The van der Waals surface area contributed by atoms with Crippen molar-refractivity contribution in [3.8, 4) is 44.5 Å². The maximum Gasteiger partial charge on any atom is 0.252 e. The minimum absolute atomic E-state index is 0.0307. The molecule has 11 unspecified atom stereocenters. The molecule has 0 radical (unpaired) electrons. The summed E-state index contributed by atoms with van der Waals surface area (Å²) in [5.41, 5.74) is 46.3. The lowest BCUT2D eigenvalue weighted by Gasteiger charge is -2.53. The summed E-state index contributed by atoms with van der Waals surface area (Å²) in [5, 5.41) is 0. The van der Waals surface area contributed by atoms with E-state index in [0.29, 0.717) is 71.3 Å². The van der Waals surface area contributed by atoms with Gasteiger partial charge in [-0.1, -0.05) is 364 Å². The van der Waals surface area contributed by atoms with Gasteiger partial charge in [-0.2, -0.15) is 0 Å². The van der Waals surface area contributed by atoms with Crippen LogP contribution in [0.15, 0.2) is 299 Å². The molecule has 658 valence electrons. The van der Waals surface area contributed by atoms with Crippen molar-refractivity contribution in [3.05, 3.63) is 321 Å². The molecule has 24 rings (SSSR count). The maximum atomic E-state index is 3.16. The lowest BCUT2D eigenvalue weighted by atomic mass is 9.33. The summed E-state index contributed by atoms with van der Waals surface area (Å²) in [4.78, 5) is 9.10. The van der Waals surface area contributed by atoms with Gasteiger partial charge >= 0.3 is 0 Å². The Bertz CT molecular complexity index is 6240. The van der Waals surface area contributed by atoms with Crippen LogP contribution < -0.4 is 31.1 Å². The number of hydrogen-bond acceptors (Lipinski definition) is 3. The Morgan fingerprint density at radius 3 is 1.30 bits per heavy atom. The van der Waals surface area contributed by atoms with Crippen molar-refractivity contribution in [2.45, 2.75) is 255 Å². The van der Waals surface area contributed by atoms with E-state index in [-0.39, 0.29) is 34.3 Å². The van der Waals surface area contributed by atoms with E-state index >= 15 is 0 Å². The van der Waals surface area contributed by atoms with Gasteiger partial charge in [0.1, 0.15) is 0 Å². The Morgan fingerprint density at radius 1 is 0.362 bits per heavy atom. The second-order valence-corrected chi connectivity index (χ2v) is 47.2. The fourth-order valence-corrected chi connectivity index (χ4v) is 28.9. The number of nitrogens with zero attached hydrogens (tertiary/aromatic N) is 3. The highest BCUT2D eigenvalue weighted by molar-refractivity contribution is 7.00. The van der Waals surface area contributed by atoms with Crippen LogP contribution in [0.5, 0.6) is 0 Å². The highest BCUT2D eigenvalue weighted by Gasteiger charge is 2.55. The van der Waals surface area contributed by atoms with Gasteiger partial charge in [0.25, 0.3) is 6.71 Å². The average molecular weight is 1700 g/mol. The number of rotatable bonds is 11. The molecule has 3 aliphatic heterocycles. The zero-order valence-electron chi connectivity index (χ0n) is 79.9. The number of fused-ring (bicyclic) bond motifs is 7. The van der Waals surface area contributed by atoms with Crippen LogP contribution in [0.25, 0.3) is 55.7 Å². The van der Waals surface area contributed by atoms with E-state index in [0.717, 1.165) is 12.8 Å². The summed E-state index contributed by atoms with van der Waals surface area (Å²) in [6.07, 6.45) is 53.3. The second-order valence-electron chi connectivity index (χ2n) is 47.2. The topological polar surface area (TPSA) is 9.72 Å². The van der Waals surface area contributed by atoms with Crippen LogP contribution in [0.3, 0.4) is 0 Å². The van der Waals surface area contributed by atoms with Gasteiger partial charge in [-0.15, -0.1) is 0 Å². The van der Waals surface area contributed by atoms with Gasteiger partial charge in [0, 0.05) is 80.5 Å². The van der Waals surface area contributed by atoms with Crippen molar-refractivity contribution in [1.29, 1.82) is 0 Å². The summed E-state index contributed by atoms with van der Waals surface area (Å²) in [5.74, 6) is 5.51. The number of anilines is 7. The van der Waals surface area contributed by atoms with Gasteiger partial charge in [-0.25, -0.2) is 0 Å². The number of benzene rings is 9. The molecule has 130 heavy (non-hydrogen) atoms. The normalized spacial score (nSPS) is 26.2. The molecule has 0 N–H and O–H groups in total. The van der Waals surface area contributed by atoms with Crippen LogP contribution >= 0.6 is 0 Å². The van der Waals surface area contributed by atoms with Crippen LogP contribution in [-0.2, 0) is 0 Å². The molecule has 12 aliphatic carbocycles. The van der Waals surface area contributed by atoms with E-state index in [1.807, 2.05) is 0 Å². The van der Waals surface area contributed by atoms with E-state index in [1.54, 1.807) is 22.3 Å². The highest BCUT2D eigenvalue weighted by Crippen LogP contribution is 2.65. The van der Waals surface area contributed by atoms with E-state index in [2.05, 4.69) is 347 Å². The molecule has 11 atom stereocenters. The third kappa shape index (κ3) is 13.9. The van der Waals surface area contributed by atoms with Crippen LogP contribution in [0, 0.1) is 74.9 Å². The lowest BCUT2D eigenvalue weighted by molar-refractivity contribution is 0.105. The van der Waals surface area contributed by atoms with Crippen molar-refractivity contribution in [1.82, 2.24) is 0 Å².